The van der Waals surface area contributed by atoms with E-state index in [4.69, 9.17) is 14.6 Å². The van der Waals surface area contributed by atoms with E-state index in [1.165, 1.54) is 0 Å². The molecule has 0 aromatic rings. The molecule has 0 spiro atoms. The number of aliphatic carboxylic acids is 1. The lowest BCUT2D eigenvalue weighted by molar-refractivity contribution is -0.144. The number of carboxylic acids is 1. The Hall–Kier alpha value is -1.79. The summed E-state index contributed by atoms with van der Waals surface area (Å²) in [7, 11) is 0. The van der Waals surface area contributed by atoms with Gasteiger partial charge in [-0.3, -0.25) is 4.79 Å². The van der Waals surface area contributed by atoms with Crippen LogP contribution in [-0.2, 0) is 19.1 Å². The lowest BCUT2D eigenvalue weighted by Crippen LogP contribution is -2.43. The second-order valence-corrected chi connectivity index (χ2v) is 5.65. The molecule has 0 bridgehead atoms. The third-order valence-electron chi connectivity index (χ3n) is 2.39. The number of hydrogen-bond donors (Lipinski definition) is 2. The van der Waals surface area contributed by atoms with E-state index in [-0.39, 0.29) is 12.8 Å². The van der Waals surface area contributed by atoms with Crippen molar-refractivity contribution in [3.8, 4) is 0 Å². The summed E-state index contributed by atoms with van der Waals surface area (Å²) in [6.07, 6.45) is 0.736. The number of carbonyl (C=O) groups excluding carboxylic acids is 2. The Morgan fingerprint density at radius 1 is 1.24 bits per heavy atom. The van der Waals surface area contributed by atoms with Gasteiger partial charge in [-0.15, -0.1) is 0 Å². The minimum absolute atomic E-state index is 0.0421. The molecule has 7 nitrogen and oxygen atoms in total. The highest BCUT2D eigenvalue weighted by Gasteiger charge is 2.24. The Labute approximate surface area is 125 Å². The maximum atomic E-state index is 11.5. The highest BCUT2D eigenvalue weighted by molar-refractivity contribution is 5.80. The SMILES string of the molecule is CCCCOC(=O)CCC(NC(=O)OC(C)(C)C)C(=O)O. The first kappa shape index (κ1) is 19.2. The van der Waals surface area contributed by atoms with Gasteiger partial charge in [0.15, 0.2) is 0 Å². The molecule has 0 rings (SSSR count). The molecule has 0 aromatic carbocycles. The van der Waals surface area contributed by atoms with Crippen molar-refractivity contribution in [1.82, 2.24) is 5.32 Å². The third kappa shape index (κ3) is 10.6. The number of alkyl carbamates (subject to hydrolysis) is 1. The third-order valence-corrected chi connectivity index (χ3v) is 2.39. The largest absolute Gasteiger partial charge is 0.480 e. The fourth-order valence-electron chi connectivity index (χ4n) is 1.37. The maximum Gasteiger partial charge on any atom is 0.408 e. The van der Waals surface area contributed by atoms with Crippen LogP contribution in [0.1, 0.15) is 53.4 Å². The number of esters is 1. The van der Waals surface area contributed by atoms with E-state index in [0.717, 1.165) is 12.8 Å². The summed E-state index contributed by atoms with van der Waals surface area (Å²) >= 11 is 0. The lowest BCUT2D eigenvalue weighted by atomic mass is 10.1. The van der Waals surface area contributed by atoms with E-state index >= 15 is 0 Å². The van der Waals surface area contributed by atoms with Gasteiger partial charge in [-0.05, 0) is 33.6 Å². The number of nitrogens with one attached hydrogen (secondary N) is 1. The molecule has 2 N–H and O–H groups in total. The van der Waals surface area contributed by atoms with Gasteiger partial charge in [0.2, 0.25) is 0 Å². The van der Waals surface area contributed by atoms with Crippen molar-refractivity contribution in [2.45, 2.75) is 65.0 Å². The maximum absolute atomic E-state index is 11.5. The predicted molar refractivity (Wildman–Crippen MR) is 75.9 cm³/mol. The number of hydrogen-bond acceptors (Lipinski definition) is 5. The van der Waals surface area contributed by atoms with Gasteiger partial charge in [0, 0.05) is 6.42 Å². The van der Waals surface area contributed by atoms with Crippen molar-refractivity contribution < 1.29 is 29.0 Å². The molecule has 0 aliphatic heterocycles. The van der Waals surface area contributed by atoms with Crippen LogP contribution in [0.15, 0.2) is 0 Å². The quantitative estimate of drug-likeness (QED) is 0.526. The van der Waals surface area contributed by atoms with Gasteiger partial charge in [0.25, 0.3) is 0 Å². The molecule has 1 atom stereocenters. The van der Waals surface area contributed by atoms with Crippen molar-refractivity contribution >= 4 is 18.0 Å². The summed E-state index contributed by atoms with van der Waals surface area (Å²) < 4.78 is 9.90. The average Bonchev–Trinajstić information content (AvgIpc) is 2.32. The molecular formula is C14H25NO6. The number of ether oxygens (including phenoxy) is 2. The molecule has 0 aromatic heterocycles. The number of carboxylic acid groups (broad SMARTS) is 1. The van der Waals surface area contributed by atoms with Crippen LogP contribution in [0.25, 0.3) is 0 Å². The topological polar surface area (TPSA) is 102 Å². The first-order valence-electron chi connectivity index (χ1n) is 7.03. The Morgan fingerprint density at radius 3 is 2.33 bits per heavy atom. The van der Waals surface area contributed by atoms with Gasteiger partial charge in [0.1, 0.15) is 11.6 Å². The van der Waals surface area contributed by atoms with Crippen molar-refractivity contribution in [3.05, 3.63) is 0 Å². The van der Waals surface area contributed by atoms with E-state index < -0.39 is 29.7 Å². The minimum Gasteiger partial charge on any atom is -0.480 e. The summed E-state index contributed by atoms with van der Waals surface area (Å²) in [5.41, 5.74) is -0.716. The van der Waals surface area contributed by atoms with Gasteiger partial charge < -0.3 is 19.9 Å². The highest BCUT2D eigenvalue weighted by atomic mass is 16.6. The normalized spacial score (nSPS) is 12.4. The van der Waals surface area contributed by atoms with Crippen LogP contribution in [-0.4, -0.2) is 41.4 Å². The van der Waals surface area contributed by atoms with Gasteiger partial charge in [-0.2, -0.15) is 0 Å². The summed E-state index contributed by atoms with van der Waals surface area (Å²) in [4.78, 5) is 34.0. The van der Waals surface area contributed by atoms with E-state index in [1.807, 2.05) is 6.92 Å². The predicted octanol–water partition coefficient (Wildman–Crippen LogP) is 2.09. The summed E-state index contributed by atoms with van der Waals surface area (Å²) in [6, 6.07) is -1.18. The van der Waals surface area contributed by atoms with Crippen LogP contribution in [0.5, 0.6) is 0 Å². The van der Waals surface area contributed by atoms with Gasteiger partial charge in [-0.25, -0.2) is 9.59 Å². The van der Waals surface area contributed by atoms with Crippen LogP contribution < -0.4 is 5.32 Å². The van der Waals surface area contributed by atoms with E-state index in [1.54, 1.807) is 20.8 Å². The Balaban J connectivity index is 4.23. The smallest absolute Gasteiger partial charge is 0.408 e. The minimum atomic E-state index is -1.22. The second-order valence-electron chi connectivity index (χ2n) is 5.65. The van der Waals surface area contributed by atoms with Crippen LogP contribution in [0.2, 0.25) is 0 Å². The highest BCUT2D eigenvalue weighted by Crippen LogP contribution is 2.08. The Morgan fingerprint density at radius 2 is 1.86 bits per heavy atom. The zero-order chi connectivity index (χ0) is 16.5. The first-order valence-corrected chi connectivity index (χ1v) is 7.03. The van der Waals surface area contributed by atoms with Gasteiger partial charge >= 0.3 is 18.0 Å². The van der Waals surface area contributed by atoms with Crippen LogP contribution in [0, 0.1) is 0 Å². The molecule has 7 heteroatoms. The zero-order valence-corrected chi connectivity index (χ0v) is 13.1. The molecule has 0 fully saturated rings. The number of carbonyl (C=O) groups is 3. The summed E-state index contributed by atoms with van der Waals surface area (Å²) in [5.74, 6) is -1.69. The molecule has 0 saturated carbocycles. The summed E-state index contributed by atoms with van der Waals surface area (Å²) in [6.45, 7) is 7.32. The van der Waals surface area contributed by atoms with E-state index in [0.29, 0.717) is 6.61 Å². The van der Waals surface area contributed by atoms with Crippen molar-refractivity contribution in [2.75, 3.05) is 6.61 Å². The Bertz CT molecular complexity index is 361. The van der Waals surface area contributed by atoms with E-state index in [2.05, 4.69) is 5.32 Å². The van der Waals surface area contributed by atoms with Crippen LogP contribution >= 0.6 is 0 Å². The van der Waals surface area contributed by atoms with Crippen LogP contribution in [0.3, 0.4) is 0 Å². The van der Waals surface area contributed by atoms with Crippen molar-refractivity contribution in [2.24, 2.45) is 0 Å². The molecule has 0 aliphatic rings. The standard InChI is InChI=1S/C14H25NO6/c1-5-6-9-20-11(16)8-7-10(12(17)18)15-13(19)21-14(2,3)4/h10H,5-9H2,1-4H3,(H,15,19)(H,17,18). The Kier molecular flexibility index (Phi) is 8.42. The molecule has 0 aliphatic carbocycles. The molecule has 0 radical (unpaired) electrons. The second kappa shape index (κ2) is 9.20. The van der Waals surface area contributed by atoms with Crippen molar-refractivity contribution in [3.63, 3.8) is 0 Å². The summed E-state index contributed by atoms with van der Waals surface area (Å²) in [5, 5.41) is 11.3. The molecule has 0 heterocycles. The molecule has 0 saturated heterocycles. The average molecular weight is 303 g/mol. The van der Waals surface area contributed by atoms with Gasteiger partial charge in [0.05, 0.1) is 6.61 Å². The fraction of sp³-hybridized carbons (Fsp3) is 0.786. The zero-order valence-electron chi connectivity index (χ0n) is 13.1. The number of amides is 1. The molecule has 122 valence electrons. The number of unbranched alkanes of at least 4 members (excludes halogenated alkanes) is 1. The molecular weight excluding hydrogens is 278 g/mol. The monoisotopic (exact) mass is 303 g/mol. The fourth-order valence-corrected chi connectivity index (χ4v) is 1.37. The molecule has 21 heavy (non-hydrogen) atoms. The van der Waals surface area contributed by atoms with E-state index in [9.17, 15) is 14.4 Å². The van der Waals surface area contributed by atoms with Gasteiger partial charge in [-0.1, -0.05) is 13.3 Å². The molecule has 1 unspecified atom stereocenters. The molecule has 1 amide bonds. The lowest BCUT2D eigenvalue weighted by Gasteiger charge is -2.21. The van der Waals surface area contributed by atoms with Crippen LogP contribution in [0.4, 0.5) is 4.79 Å². The van der Waals surface area contributed by atoms with Crippen molar-refractivity contribution in [1.29, 1.82) is 0 Å². The number of rotatable bonds is 8. The first-order chi connectivity index (χ1) is 9.65.